The smallest absolute Gasteiger partial charge is 0.418 e. The van der Waals surface area contributed by atoms with Crippen LogP contribution in [0, 0.1) is 11.3 Å². The zero-order chi connectivity index (χ0) is 26.7. The van der Waals surface area contributed by atoms with Gasteiger partial charge in [0.05, 0.1) is 11.5 Å². The van der Waals surface area contributed by atoms with Crippen molar-refractivity contribution in [1.82, 2.24) is 15.0 Å². The van der Waals surface area contributed by atoms with Crippen LogP contribution in [-0.2, 0) is 29.1 Å². The molecule has 3 rings (SSSR count). The minimum Gasteiger partial charge on any atom is -0.490 e. The largest absolute Gasteiger partial charge is 0.490 e. The molecule has 1 saturated heterocycles. The first-order valence-corrected chi connectivity index (χ1v) is 12.4. The van der Waals surface area contributed by atoms with E-state index in [0.29, 0.717) is 10.8 Å². The molecule has 0 bridgehead atoms. The fourth-order valence-electron chi connectivity index (χ4n) is 3.24. The Hall–Kier alpha value is -3.32. The number of pyridine rings is 1. The number of rotatable bonds is 12. The number of carbonyl (C=O) groups is 2. The topological polar surface area (TPSA) is 233 Å². The van der Waals surface area contributed by atoms with Crippen LogP contribution in [0.5, 0.6) is 5.75 Å². The SMILES string of the molecule is C.CC1(C)C(CC(=O)/C(=N\OCCOc2ccnc(C(=N)N)c2)c2csc(N)n2)C(=O)N1OS(=O)(=O)O.S. The number of hydroxylamine groups is 2. The molecule has 38 heavy (non-hydrogen) atoms. The molecule has 18 heteroatoms. The number of β-lactam (4-membered cyclic amide) rings is 1. The number of anilines is 1. The minimum absolute atomic E-state index is 0. The molecular formula is C20H29N7O8S3. The van der Waals surface area contributed by atoms with Crippen LogP contribution in [0.4, 0.5) is 5.13 Å². The summed E-state index contributed by atoms with van der Waals surface area (Å²) in [7, 11) is -4.92. The number of carbonyl (C=O) groups excluding carboxylic acids is 2. The fraction of sp³-hybridized carbons (Fsp3) is 0.400. The number of aromatic nitrogens is 2. The number of Topliss-reactive ketones (excluding diaryl/α,β-unsaturated/α-hetero) is 1. The predicted molar refractivity (Wildman–Crippen MR) is 144 cm³/mol. The lowest BCUT2D eigenvalue weighted by Crippen LogP contribution is -2.68. The van der Waals surface area contributed by atoms with Crippen LogP contribution in [-0.4, -0.2) is 70.0 Å². The second-order valence-electron chi connectivity index (χ2n) is 7.95. The van der Waals surface area contributed by atoms with Crippen molar-refractivity contribution in [1.29, 1.82) is 5.41 Å². The van der Waals surface area contributed by atoms with E-state index in [4.69, 9.17) is 31.0 Å². The van der Waals surface area contributed by atoms with Gasteiger partial charge in [-0.25, -0.2) is 4.98 Å². The Bertz CT molecular complexity index is 1310. The van der Waals surface area contributed by atoms with Crippen molar-refractivity contribution in [2.75, 3.05) is 18.9 Å². The third kappa shape index (κ3) is 7.84. The number of amidine groups is 1. The molecule has 15 nitrogen and oxygen atoms in total. The van der Waals surface area contributed by atoms with E-state index in [1.807, 2.05) is 0 Å². The van der Waals surface area contributed by atoms with Gasteiger partial charge in [-0.1, -0.05) is 12.6 Å². The first kappa shape index (κ1) is 32.7. The molecule has 3 heterocycles. The first-order valence-electron chi connectivity index (χ1n) is 10.2. The van der Waals surface area contributed by atoms with Crippen molar-refractivity contribution in [3.8, 4) is 5.75 Å². The van der Waals surface area contributed by atoms with Gasteiger partial charge in [0.25, 0.3) is 5.91 Å². The molecular weight excluding hydrogens is 562 g/mol. The molecule has 1 aliphatic heterocycles. The normalized spacial score (nSPS) is 16.5. The van der Waals surface area contributed by atoms with Gasteiger partial charge in [0.2, 0.25) is 0 Å². The summed E-state index contributed by atoms with van der Waals surface area (Å²) in [5.74, 6) is -2.20. The average molecular weight is 592 g/mol. The molecule has 210 valence electrons. The third-order valence-corrected chi connectivity index (χ3v) is 6.08. The van der Waals surface area contributed by atoms with Crippen LogP contribution in [0.15, 0.2) is 28.9 Å². The van der Waals surface area contributed by atoms with E-state index in [0.717, 1.165) is 11.3 Å². The van der Waals surface area contributed by atoms with Gasteiger partial charge >= 0.3 is 10.4 Å². The second kappa shape index (κ2) is 13.0. The summed E-state index contributed by atoms with van der Waals surface area (Å²) in [4.78, 5) is 38.6. The number of nitrogens with one attached hydrogen (secondary N) is 1. The number of ketones is 1. The fourth-order valence-corrected chi connectivity index (χ4v) is 4.24. The zero-order valence-corrected chi connectivity index (χ0v) is 22.2. The van der Waals surface area contributed by atoms with E-state index in [-0.39, 0.29) is 68.6 Å². The van der Waals surface area contributed by atoms with Crippen LogP contribution < -0.4 is 16.2 Å². The lowest BCUT2D eigenvalue weighted by atomic mass is 9.74. The molecule has 2 aromatic rings. The third-order valence-electron chi connectivity index (χ3n) is 5.07. The highest BCUT2D eigenvalue weighted by molar-refractivity contribution is 7.80. The molecule has 0 radical (unpaired) electrons. The summed E-state index contributed by atoms with van der Waals surface area (Å²) >= 11 is 1.07. The van der Waals surface area contributed by atoms with E-state index in [9.17, 15) is 18.0 Å². The Balaban J connectivity index is 0.00000361. The first-order chi connectivity index (χ1) is 16.8. The van der Waals surface area contributed by atoms with Gasteiger partial charge < -0.3 is 21.0 Å². The molecule has 0 spiro atoms. The van der Waals surface area contributed by atoms with Crippen molar-refractivity contribution in [2.45, 2.75) is 33.2 Å². The molecule has 1 fully saturated rings. The molecule has 1 atom stereocenters. The molecule has 0 saturated carbocycles. The van der Waals surface area contributed by atoms with Gasteiger partial charge in [0.1, 0.15) is 29.6 Å². The summed E-state index contributed by atoms with van der Waals surface area (Å²) in [5, 5.41) is 13.4. The van der Waals surface area contributed by atoms with Gasteiger partial charge in [-0.3, -0.25) is 24.5 Å². The number of amides is 1. The van der Waals surface area contributed by atoms with Crippen LogP contribution in [0.2, 0.25) is 0 Å². The lowest BCUT2D eigenvalue weighted by Gasteiger charge is -2.50. The van der Waals surface area contributed by atoms with Crippen molar-refractivity contribution in [3.05, 3.63) is 35.1 Å². The molecule has 0 aliphatic carbocycles. The van der Waals surface area contributed by atoms with Gasteiger partial charge in [-0.2, -0.15) is 27.0 Å². The number of hydrogen-bond acceptors (Lipinski definition) is 13. The highest BCUT2D eigenvalue weighted by atomic mass is 32.3. The maximum Gasteiger partial charge on any atom is 0.418 e. The Morgan fingerprint density at radius 3 is 2.58 bits per heavy atom. The Kier molecular flexibility index (Phi) is 11.2. The summed E-state index contributed by atoms with van der Waals surface area (Å²) in [5.41, 5.74) is 10.0. The number of nitrogens with zero attached hydrogens (tertiary/aromatic N) is 4. The molecule has 1 aliphatic rings. The van der Waals surface area contributed by atoms with E-state index in [1.165, 1.54) is 31.5 Å². The Labute approximate surface area is 230 Å². The zero-order valence-electron chi connectivity index (χ0n) is 19.6. The minimum atomic E-state index is -4.92. The summed E-state index contributed by atoms with van der Waals surface area (Å²) < 4.78 is 40.6. The van der Waals surface area contributed by atoms with Gasteiger partial charge in [-0.05, 0) is 19.9 Å². The summed E-state index contributed by atoms with van der Waals surface area (Å²) in [6, 6.07) is 3.04. The number of oxime groups is 1. The van der Waals surface area contributed by atoms with Crippen molar-refractivity contribution < 1.29 is 36.4 Å². The number of nitrogens with two attached hydrogens (primary N) is 2. The highest BCUT2D eigenvalue weighted by Crippen LogP contribution is 2.40. The monoisotopic (exact) mass is 591 g/mol. The summed E-state index contributed by atoms with van der Waals surface area (Å²) in [6.07, 6.45) is 1.07. The Morgan fingerprint density at radius 2 is 2.03 bits per heavy atom. The second-order valence-corrected chi connectivity index (χ2v) is 9.85. The lowest BCUT2D eigenvalue weighted by molar-refractivity contribution is -0.228. The summed E-state index contributed by atoms with van der Waals surface area (Å²) in [6.45, 7) is 2.90. The average Bonchev–Trinajstić information content (AvgIpc) is 3.23. The number of ether oxygens (including phenoxy) is 1. The van der Waals surface area contributed by atoms with Gasteiger partial charge in [0.15, 0.2) is 23.2 Å². The van der Waals surface area contributed by atoms with E-state index in [2.05, 4.69) is 19.4 Å². The number of hydrogen-bond donors (Lipinski definition) is 4. The van der Waals surface area contributed by atoms with Crippen molar-refractivity contribution in [3.63, 3.8) is 0 Å². The number of thiazole rings is 1. The maximum absolute atomic E-state index is 13.0. The van der Waals surface area contributed by atoms with Crippen LogP contribution in [0.25, 0.3) is 0 Å². The molecule has 2 aromatic heterocycles. The molecule has 6 N–H and O–H groups in total. The van der Waals surface area contributed by atoms with E-state index < -0.39 is 33.5 Å². The predicted octanol–water partition coefficient (Wildman–Crippen LogP) is 0.884. The van der Waals surface area contributed by atoms with Crippen molar-refractivity contribution in [2.24, 2.45) is 16.8 Å². The van der Waals surface area contributed by atoms with Crippen LogP contribution >= 0.6 is 24.8 Å². The Morgan fingerprint density at radius 1 is 1.34 bits per heavy atom. The van der Waals surface area contributed by atoms with Crippen LogP contribution in [0.3, 0.4) is 0 Å². The quantitative estimate of drug-likeness (QED) is 0.0672. The van der Waals surface area contributed by atoms with Gasteiger partial charge in [0, 0.05) is 24.1 Å². The van der Waals surface area contributed by atoms with Crippen LogP contribution in [0.1, 0.15) is 39.1 Å². The maximum atomic E-state index is 13.0. The molecule has 0 aromatic carbocycles. The highest BCUT2D eigenvalue weighted by Gasteiger charge is 2.57. The van der Waals surface area contributed by atoms with Crippen molar-refractivity contribution >= 4 is 63.6 Å². The van der Waals surface area contributed by atoms with Gasteiger partial charge in [-0.15, -0.1) is 15.6 Å². The molecule has 1 unspecified atom stereocenters. The number of nitrogen functional groups attached to an aromatic ring is 2. The van der Waals surface area contributed by atoms with E-state index in [1.54, 1.807) is 6.07 Å². The standard InChI is InChI=1S/C19H23N7O8S2.CH4.H2S/c1-19(2)11(17(28)26(19)34-36(29,30)31)8-14(27)15(13-9-35-18(22)24-13)25-33-6-5-32-10-3-4-23-12(7-10)16(20)21;;/h3-4,7,9,11H,5-6,8H2,1-2H3,(H3,20,21)(H2,22,24)(H,29,30,31);1H4;1H2/b25-15-;;. The molecule has 1 amide bonds. The van der Waals surface area contributed by atoms with E-state index >= 15 is 0 Å².